The van der Waals surface area contributed by atoms with Crippen LogP contribution in [-0.4, -0.2) is 236 Å². The minimum absolute atomic E-state index is 0.0129. The van der Waals surface area contributed by atoms with Crippen LogP contribution in [0, 0.1) is 0 Å². The van der Waals surface area contributed by atoms with Crippen molar-refractivity contribution in [3.05, 3.63) is 240 Å². The van der Waals surface area contributed by atoms with E-state index < -0.39 is 186 Å². The van der Waals surface area contributed by atoms with E-state index >= 15 is 0 Å². The third kappa shape index (κ3) is 18.0. The molecule has 26 nitrogen and oxygen atoms in total. The maximum atomic E-state index is 14.7. The average Bonchev–Trinajstić information content (AvgIpc) is 0.748. The van der Waals surface area contributed by atoms with Gasteiger partial charge in [-0.2, -0.15) is 0 Å². The van der Waals surface area contributed by atoms with Crippen LogP contribution in [0.4, 0.5) is 0 Å². The Morgan fingerprint density at radius 1 is 0.330 bits per heavy atom. The van der Waals surface area contributed by atoms with E-state index in [0.717, 1.165) is 10.4 Å². The van der Waals surface area contributed by atoms with Gasteiger partial charge in [-0.1, -0.05) is 172 Å². The number of hydrogen-bond donors (Lipinski definition) is 4. The standard InChI is InChI=1S/C79H88O26Si/c1-79(2,3)106(52-39-25-13-26-40-52,53-41-27-14-28-42-53)96-46-55-58(80)60(82)65(102-72(86)49-33-19-10-20-34-49)77(98-55)95-43-54-59(81)64(61(83)75(97-54)94-45-56-62(89-4)66(90-5)68(91-6)76(92-7)99-56)105-78-69(104-74(88)51-37-23-12-24-38-51)67(103-73(87)50-35-21-11-22-36-50)63(101-71(85)48-31-17-9-18-32-48)57(100-78)44-93-70(84)47-29-15-8-16-30-47/h8-42,54-69,75-78,80-83H,43-46H2,1-7H3/t54-,55-,56-,57-,58-,59-,60+,61+,62-,63-,64+,65+,66+,67+,68-,69+,75+,76+,77+,78-/m1/s1. The maximum absolute atomic E-state index is 14.7. The highest BCUT2D eigenvalue weighted by Gasteiger charge is 2.59. The highest BCUT2D eigenvalue weighted by atomic mass is 28.4. The van der Waals surface area contributed by atoms with E-state index in [2.05, 4.69) is 20.8 Å². The predicted molar refractivity (Wildman–Crippen MR) is 378 cm³/mol. The summed E-state index contributed by atoms with van der Waals surface area (Å²) in [6.07, 6.45) is -33.1. The Kier molecular flexibility index (Phi) is 27.0. The van der Waals surface area contributed by atoms with E-state index in [1.807, 2.05) is 60.7 Å². The number of benzene rings is 7. The summed E-state index contributed by atoms with van der Waals surface area (Å²) in [5, 5.41) is 51.7. The number of hydrogen-bond acceptors (Lipinski definition) is 26. The SMILES string of the molecule is CO[C@H]1O[C@H](CO[C@H]2O[C@H](CO[C@H]3O[C@H](CO[Si](c4ccccc4)(c4ccccc4)C(C)(C)C)[C@@H](O)[C@H](O)[C@@H]3OC(=O)c3ccccc3)[C@@H](O)[C@H](O[C@H]3O[C@H](COC(=O)c4ccccc4)[C@@H](OC(=O)c4ccccc4)[C@H](OC(=O)c4ccccc4)[C@@H]3OC(=O)c3ccccc3)[C@@H]2O)[C@@H](OC)[C@H](OC)[C@H]1OC. The summed E-state index contributed by atoms with van der Waals surface area (Å²) in [6, 6.07) is 58.1. The Balaban J connectivity index is 0.983. The molecule has 106 heavy (non-hydrogen) atoms. The Labute approximate surface area is 614 Å². The molecule has 0 radical (unpaired) electrons. The van der Waals surface area contributed by atoms with Gasteiger partial charge in [0, 0.05) is 28.4 Å². The van der Waals surface area contributed by atoms with E-state index in [1.165, 1.54) is 89.1 Å². The first-order chi connectivity index (χ1) is 51.3. The molecule has 4 N–H and O–H groups in total. The number of ether oxygens (including phenoxy) is 16. The molecular weight excluding hydrogens is 1390 g/mol. The van der Waals surface area contributed by atoms with Crippen LogP contribution < -0.4 is 10.4 Å². The van der Waals surface area contributed by atoms with Crippen molar-refractivity contribution in [2.75, 3.05) is 54.9 Å². The molecule has 0 unspecified atom stereocenters. The fourth-order valence-electron chi connectivity index (χ4n) is 13.6. The van der Waals surface area contributed by atoms with E-state index in [9.17, 15) is 44.4 Å². The van der Waals surface area contributed by atoms with Gasteiger partial charge in [-0.05, 0) is 76.1 Å². The van der Waals surface area contributed by atoms with Crippen molar-refractivity contribution in [2.45, 2.75) is 149 Å². The Morgan fingerprint density at radius 3 is 1.15 bits per heavy atom. The molecule has 7 aromatic carbocycles. The largest absolute Gasteiger partial charge is 0.459 e. The Morgan fingerprint density at radius 2 is 0.698 bits per heavy atom. The highest BCUT2D eigenvalue weighted by Crippen LogP contribution is 2.40. The zero-order valence-corrected chi connectivity index (χ0v) is 60.4. The van der Waals surface area contributed by atoms with Crippen molar-refractivity contribution < 1.29 is 125 Å². The molecule has 4 saturated heterocycles. The van der Waals surface area contributed by atoms with Crippen LogP contribution in [-0.2, 0) is 80.2 Å². The minimum atomic E-state index is -3.40. The molecule has 4 aliphatic rings. The second kappa shape index (κ2) is 36.4. The van der Waals surface area contributed by atoms with Crippen molar-refractivity contribution >= 4 is 48.5 Å². The number of aliphatic hydroxyl groups excluding tert-OH is 4. The first kappa shape index (κ1) is 78.5. The monoisotopic (exact) mass is 1480 g/mol. The van der Waals surface area contributed by atoms with Gasteiger partial charge in [0.2, 0.25) is 0 Å². The van der Waals surface area contributed by atoms with Crippen LogP contribution in [0.5, 0.6) is 0 Å². The fraction of sp³-hybridized carbons (Fsp3) is 0.405. The quantitative estimate of drug-likeness (QED) is 0.0257. The van der Waals surface area contributed by atoms with Crippen LogP contribution >= 0.6 is 0 Å². The molecule has 7 aromatic rings. The lowest BCUT2D eigenvalue weighted by atomic mass is 9.95. The second-order valence-corrected chi connectivity index (χ2v) is 30.9. The Bertz CT molecular complexity index is 3880. The van der Waals surface area contributed by atoms with E-state index in [1.54, 1.807) is 91.0 Å². The molecule has 564 valence electrons. The average molecular weight is 1480 g/mol. The molecule has 0 saturated carbocycles. The molecule has 27 heteroatoms. The zero-order valence-electron chi connectivity index (χ0n) is 59.4. The van der Waals surface area contributed by atoms with Gasteiger partial charge in [-0.15, -0.1) is 0 Å². The topological polar surface area (TPSA) is 323 Å². The number of carbonyl (C=O) groups excluding carboxylic acids is 5. The zero-order chi connectivity index (χ0) is 75.1. The summed E-state index contributed by atoms with van der Waals surface area (Å²) >= 11 is 0. The normalized spacial score (nSPS) is 29.0. The molecule has 0 amide bonds. The van der Waals surface area contributed by atoms with Gasteiger partial charge in [-0.25, -0.2) is 24.0 Å². The van der Waals surface area contributed by atoms with Gasteiger partial charge < -0.3 is 101 Å². The number of esters is 5. The molecule has 20 atom stereocenters. The smallest absolute Gasteiger partial charge is 0.338 e. The lowest BCUT2D eigenvalue weighted by Gasteiger charge is -2.48. The molecule has 0 spiro atoms. The van der Waals surface area contributed by atoms with Gasteiger partial charge >= 0.3 is 29.8 Å². The summed E-state index contributed by atoms with van der Waals surface area (Å²) < 4.78 is 107. The summed E-state index contributed by atoms with van der Waals surface area (Å²) in [4.78, 5) is 71.8. The van der Waals surface area contributed by atoms with Gasteiger partial charge in [0.25, 0.3) is 8.32 Å². The van der Waals surface area contributed by atoms with E-state index in [0.29, 0.717) is 0 Å². The van der Waals surface area contributed by atoms with Crippen molar-refractivity contribution in [3.63, 3.8) is 0 Å². The van der Waals surface area contributed by atoms with Crippen LogP contribution in [0.15, 0.2) is 212 Å². The van der Waals surface area contributed by atoms with Crippen molar-refractivity contribution in [3.8, 4) is 0 Å². The molecular formula is C79H88O26Si. The van der Waals surface area contributed by atoms with Gasteiger partial charge in [0.05, 0.1) is 47.6 Å². The van der Waals surface area contributed by atoms with Gasteiger partial charge in [0.15, 0.2) is 49.6 Å². The fourth-order valence-corrected chi connectivity index (χ4v) is 18.1. The van der Waals surface area contributed by atoms with Gasteiger partial charge in [0.1, 0.15) is 79.9 Å². The number of aliphatic hydroxyl groups is 4. The summed E-state index contributed by atoms with van der Waals surface area (Å²) in [5.41, 5.74) is 0.148. The predicted octanol–water partition coefficient (Wildman–Crippen LogP) is 5.78. The molecule has 4 heterocycles. The maximum Gasteiger partial charge on any atom is 0.338 e. The van der Waals surface area contributed by atoms with E-state index in [4.69, 9.17) is 80.2 Å². The minimum Gasteiger partial charge on any atom is -0.459 e. The Hall–Kier alpha value is -8.53. The molecule has 4 fully saturated rings. The van der Waals surface area contributed by atoms with Crippen LogP contribution in [0.3, 0.4) is 0 Å². The number of methoxy groups -OCH3 is 4. The first-order valence-corrected chi connectivity index (χ1v) is 36.5. The third-order valence-corrected chi connectivity index (χ3v) is 23.9. The highest BCUT2D eigenvalue weighted by molar-refractivity contribution is 6.99. The molecule has 11 rings (SSSR count). The van der Waals surface area contributed by atoms with Crippen molar-refractivity contribution in [2.24, 2.45) is 0 Å². The van der Waals surface area contributed by atoms with Crippen LogP contribution in [0.1, 0.15) is 72.6 Å². The lowest BCUT2D eigenvalue weighted by molar-refractivity contribution is -0.370. The van der Waals surface area contributed by atoms with Crippen LogP contribution in [0.2, 0.25) is 5.04 Å². The number of rotatable bonds is 28. The molecule has 0 aliphatic carbocycles. The summed E-state index contributed by atoms with van der Waals surface area (Å²) in [6.45, 7) is 3.74. The molecule has 0 bridgehead atoms. The lowest BCUT2D eigenvalue weighted by Crippen LogP contribution is -2.68. The number of carbonyl (C=O) groups is 5. The summed E-state index contributed by atoms with van der Waals surface area (Å²) in [7, 11) is 2.28. The van der Waals surface area contributed by atoms with E-state index in [-0.39, 0.29) is 34.4 Å². The van der Waals surface area contributed by atoms with Crippen LogP contribution in [0.25, 0.3) is 0 Å². The second-order valence-electron chi connectivity index (χ2n) is 26.6. The third-order valence-electron chi connectivity index (χ3n) is 18.9. The van der Waals surface area contributed by atoms with Crippen molar-refractivity contribution in [1.29, 1.82) is 0 Å². The summed E-state index contributed by atoms with van der Waals surface area (Å²) in [5.74, 6) is -4.87. The van der Waals surface area contributed by atoms with Crippen molar-refractivity contribution in [1.82, 2.24) is 0 Å². The molecule has 0 aromatic heterocycles. The molecule has 4 aliphatic heterocycles. The first-order valence-electron chi connectivity index (χ1n) is 34.6. The van der Waals surface area contributed by atoms with Gasteiger partial charge in [-0.3, -0.25) is 0 Å².